The molecule has 1 heterocycles. The molecule has 1 saturated carbocycles. The molecule has 3 aliphatic rings. The first kappa shape index (κ1) is 13.2. The molecule has 2 aliphatic carbocycles. The van der Waals surface area contributed by atoms with Gasteiger partial charge in [-0.15, -0.1) is 0 Å². The first-order chi connectivity index (χ1) is 10.6. The lowest BCUT2D eigenvalue weighted by atomic mass is 9.85. The zero-order valence-electron chi connectivity index (χ0n) is 12.1. The standard InChI is InChI=1S/C17H15NO4/c1-9(19)22-13-4-2-3-12(8-13)18-16(20)14-10-5-6-11(7-10)15(14)17(18)21/h2-6,8,10-11,14-15H,7H2,1H3/t10-,11+,14-,15-/m0/s1. The minimum Gasteiger partial charge on any atom is -0.427 e. The molecule has 5 heteroatoms. The second-order valence-electron chi connectivity index (χ2n) is 6.10. The predicted molar refractivity (Wildman–Crippen MR) is 78.0 cm³/mol. The van der Waals surface area contributed by atoms with Gasteiger partial charge >= 0.3 is 5.97 Å². The van der Waals surface area contributed by atoms with Crippen molar-refractivity contribution in [2.75, 3.05) is 4.90 Å². The third-order valence-corrected chi connectivity index (χ3v) is 4.81. The fourth-order valence-corrected chi connectivity index (χ4v) is 4.01. The average molecular weight is 297 g/mol. The molecule has 1 saturated heterocycles. The van der Waals surface area contributed by atoms with Gasteiger partial charge in [-0.1, -0.05) is 18.2 Å². The van der Waals surface area contributed by atoms with Crippen LogP contribution in [0.4, 0.5) is 5.69 Å². The Hall–Kier alpha value is -2.43. The van der Waals surface area contributed by atoms with Gasteiger partial charge in [-0.25, -0.2) is 4.90 Å². The predicted octanol–water partition coefficient (Wildman–Crippen LogP) is 1.92. The molecule has 2 bridgehead atoms. The molecule has 1 aromatic carbocycles. The van der Waals surface area contributed by atoms with Gasteiger partial charge in [0, 0.05) is 13.0 Å². The molecule has 0 N–H and O–H groups in total. The number of amides is 2. The molecule has 4 rings (SSSR count). The fourth-order valence-electron chi connectivity index (χ4n) is 4.01. The fraction of sp³-hybridized carbons (Fsp3) is 0.353. The summed E-state index contributed by atoms with van der Waals surface area (Å²) >= 11 is 0. The minimum atomic E-state index is -0.435. The van der Waals surface area contributed by atoms with Gasteiger partial charge in [0.1, 0.15) is 5.75 Å². The monoisotopic (exact) mass is 297 g/mol. The van der Waals surface area contributed by atoms with E-state index >= 15 is 0 Å². The van der Waals surface area contributed by atoms with Crippen molar-refractivity contribution >= 4 is 23.5 Å². The van der Waals surface area contributed by atoms with E-state index in [0.29, 0.717) is 11.4 Å². The maximum atomic E-state index is 12.7. The first-order valence-corrected chi connectivity index (χ1v) is 7.41. The smallest absolute Gasteiger partial charge is 0.308 e. The van der Waals surface area contributed by atoms with E-state index in [0.717, 1.165) is 6.42 Å². The van der Waals surface area contributed by atoms with Crippen LogP contribution in [0, 0.1) is 23.7 Å². The number of fused-ring (bicyclic) bond motifs is 5. The first-order valence-electron chi connectivity index (χ1n) is 7.41. The second kappa shape index (κ2) is 4.53. The van der Waals surface area contributed by atoms with E-state index in [4.69, 9.17) is 4.74 Å². The van der Waals surface area contributed by atoms with Gasteiger partial charge in [-0.05, 0) is 30.4 Å². The summed E-state index contributed by atoms with van der Waals surface area (Å²) in [6.07, 6.45) is 5.04. The van der Waals surface area contributed by atoms with Crippen molar-refractivity contribution in [3.63, 3.8) is 0 Å². The Morgan fingerprint density at radius 2 is 1.77 bits per heavy atom. The molecule has 2 amide bonds. The number of carbonyl (C=O) groups is 3. The number of rotatable bonds is 2. The Kier molecular flexibility index (Phi) is 2.73. The molecule has 0 radical (unpaired) electrons. The number of hydrogen-bond donors (Lipinski definition) is 0. The van der Waals surface area contributed by atoms with Crippen LogP contribution in [0.1, 0.15) is 13.3 Å². The molecule has 4 atom stereocenters. The summed E-state index contributed by atoms with van der Waals surface area (Å²) in [5, 5.41) is 0. The number of anilines is 1. The zero-order valence-corrected chi connectivity index (χ0v) is 12.1. The molecule has 0 aromatic heterocycles. The van der Waals surface area contributed by atoms with Gasteiger partial charge < -0.3 is 4.74 Å². The van der Waals surface area contributed by atoms with E-state index in [2.05, 4.69) is 12.2 Å². The summed E-state index contributed by atoms with van der Waals surface area (Å²) < 4.78 is 5.03. The molecule has 2 fully saturated rings. The van der Waals surface area contributed by atoms with E-state index in [1.165, 1.54) is 11.8 Å². The van der Waals surface area contributed by atoms with Crippen LogP contribution in [0.5, 0.6) is 5.75 Å². The summed E-state index contributed by atoms with van der Waals surface area (Å²) in [6, 6.07) is 6.56. The van der Waals surface area contributed by atoms with Crippen LogP contribution in [0.15, 0.2) is 36.4 Å². The number of hydrogen-bond acceptors (Lipinski definition) is 4. The second-order valence-corrected chi connectivity index (χ2v) is 6.10. The zero-order chi connectivity index (χ0) is 15.4. The number of carbonyl (C=O) groups excluding carboxylic acids is 3. The van der Waals surface area contributed by atoms with E-state index in [1.54, 1.807) is 24.3 Å². The highest BCUT2D eigenvalue weighted by molar-refractivity contribution is 6.22. The van der Waals surface area contributed by atoms with E-state index in [1.807, 2.05) is 0 Å². The van der Waals surface area contributed by atoms with Crippen LogP contribution in [-0.2, 0) is 14.4 Å². The van der Waals surface area contributed by atoms with E-state index < -0.39 is 5.97 Å². The van der Waals surface area contributed by atoms with Crippen molar-refractivity contribution < 1.29 is 19.1 Å². The number of ether oxygens (including phenoxy) is 1. The minimum absolute atomic E-state index is 0.133. The highest BCUT2D eigenvalue weighted by Gasteiger charge is 2.59. The summed E-state index contributed by atoms with van der Waals surface area (Å²) in [7, 11) is 0. The topological polar surface area (TPSA) is 63.7 Å². The third-order valence-electron chi connectivity index (χ3n) is 4.81. The van der Waals surface area contributed by atoms with Crippen LogP contribution in [0.3, 0.4) is 0 Å². The Bertz CT molecular complexity index is 693. The lowest BCUT2D eigenvalue weighted by Crippen LogP contribution is -2.32. The Morgan fingerprint density at radius 3 is 2.36 bits per heavy atom. The SMILES string of the molecule is CC(=O)Oc1cccc(N2C(=O)[C@@H]3[C@@H](C2=O)[C@H]2C=C[C@@H]3C2)c1. The van der Waals surface area contributed by atoms with Crippen LogP contribution >= 0.6 is 0 Å². The highest BCUT2D eigenvalue weighted by Crippen LogP contribution is 2.53. The molecule has 0 spiro atoms. The van der Waals surface area contributed by atoms with Crippen molar-refractivity contribution in [3.8, 4) is 5.75 Å². The number of imide groups is 1. The summed E-state index contributed by atoms with van der Waals surface area (Å²) in [5.74, 6) is -0.432. The average Bonchev–Trinajstić information content (AvgIpc) is 3.12. The number of allylic oxidation sites excluding steroid dienone is 2. The van der Waals surface area contributed by atoms with Gasteiger partial charge in [0.15, 0.2) is 0 Å². The molecular weight excluding hydrogens is 282 g/mol. The normalized spacial score (nSPS) is 31.8. The summed E-state index contributed by atoms with van der Waals surface area (Å²) in [6.45, 7) is 1.31. The Labute approximate surface area is 127 Å². The van der Waals surface area contributed by atoms with Crippen molar-refractivity contribution in [1.29, 1.82) is 0 Å². The van der Waals surface area contributed by atoms with Gasteiger partial charge in [-0.2, -0.15) is 0 Å². The van der Waals surface area contributed by atoms with Crippen LogP contribution in [0.25, 0.3) is 0 Å². The van der Waals surface area contributed by atoms with Crippen molar-refractivity contribution in [2.45, 2.75) is 13.3 Å². The molecular formula is C17H15NO4. The van der Waals surface area contributed by atoms with Crippen molar-refractivity contribution in [2.24, 2.45) is 23.7 Å². The highest BCUT2D eigenvalue weighted by atomic mass is 16.5. The Morgan fingerprint density at radius 1 is 1.14 bits per heavy atom. The van der Waals surface area contributed by atoms with Gasteiger partial charge in [0.25, 0.3) is 0 Å². The van der Waals surface area contributed by atoms with Gasteiger partial charge in [0.05, 0.1) is 17.5 Å². The lowest BCUT2D eigenvalue weighted by Gasteiger charge is -2.17. The largest absolute Gasteiger partial charge is 0.427 e. The maximum absolute atomic E-state index is 12.7. The molecule has 112 valence electrons. The maximum Gasteiger partial charge on any atom is 0.308 e. The summed E-state index contributed by atoms with van der Waals surface area (Å²) in [5.41, 5.74) is 0.475. The molecule has 0 unspecified atom stereocenters. The lowest BCUT2D eigenvalue weighted by molar-refractivity contribution is -0.132. The molecule has 5 nitrogen and oxygen atoms in total. The van der Waals surface area contributed by atoms with E-state index in [-0.39, 0.29) is 35.5 Å². The van der Waals surface area contributed by atoms with Gasteiger partial charge in [-0.3, -0.25) is 14.4 Å². The van der Waals surface area contributed by atoms with Crippen LogP contribution in [-0.4, -0.2) is 17.8 Å². The molecule has 1 aliphatic heterocycles. The van der Waals surface area contributed by atoms with Crippen molar-refractivity contribution in [1.82, 2.24) is 0 Å². The van der Waals surface area contributed by atoms with Crippen LogP contribution < -0.4 is 9.64 Å². The van der Waals surface area contributed by atoms with E-state index in [9.17, 15) is 14.4 Å². The number of esters is 1. The summed E-state index contributed by atoms with van der Waals surface area (Å²) in [4.78, 5) is 37.7. The van der Waals surface area contributed by atoms with Crippen LogP contribution in [0.2, 0.25) is 0 Å². The van der Waals surface area contributed by atoms with Crippen molar-refractivity contribution in [3.05, 3.63) is 36.4 Å². The Balaban J connectivity index is 1.68. The number of nitrogens with zero attached hydrogens (tertiary/aromatic N) is 1. The van der Waals surface area contributed by atoms with Gasteiger partial charge in [0.2, 0.25) is 11.8 Å². The quantitative estimate of drug-likeness (QED) is 0.362. The third kappa shape index (κ3) is 1.75. The molecule has 22 heavy (non-hydrogen) atoms. The number of benzene rings is 1. The molecule has 1 aromatic rings.